The maximum Gasteiger partial charge on any atom is 0.339 e. The summed E-state index contributed by atoms with van der Waals surface area (Å²) in [7, 11) is -2.69. The molecule has 1 aromatic rings. The maximum absolute atomic E-state index is 11.9. The third-order valence-corrected chi connectivity index (χ3v) is 17.4. The number of carbonyl (C=O) groups is 1. The quantitative estimate of drug-likeness (QED) is 0.424. The Bertz CT molecular complexity index is 993. The van der Waals surface area contributed by atoms with Crippen molar-refractivity contribution in [1.82, 2.24) is 0 Å². The number of fused-ring (bicyclic) bond motifs is 1. The molecule has 0 saturated heterocycles. The van der Waals surface area contributed by atoms with Gasteiger partial charge in [0.2, 0.25) is 0 Å². The lowest BCUT2D eigenvalue weighted by atomic mass is 9.91. The van der Waals surface area contributed by atoms with Gasteiger partial charge in [0.05, 0.1) is 30.9 Å². The average molecular weight is 522 g/mol. The van der Waals surface area contributed by atoms with E-state index in [9.17, 15) is 9.90 Å². The predicted octanol–water partition coefficient (Wildman–Crippen LogP) is 6.30. The minimum Gasteiger partial charge on any atom is -0.496 e. The summed E-state index contributed by atoms with van der Waals surface area (Å²) >= 11 is 0. The van der Waals surface area contributed by atoms with Crippen LogP contribution in [0.1, 0.15) is 63.9 Å². The highest BCUT2D eigenvalue weighted by atomic mass is 28.4. The highest BCUT2D eigenvalue weighted by molar-refractivity contribution is 6.74. The lowest BCUT2D eigenvalue weighted by Gasteiger charge is -2.40. The molecule has 0 bridgehead atoms. The van der Waals surface area contributed by atoms with Crippen molar-refractivity contribution in [3.8, 4) is 5.75 Å². The van der Waals surface area contributed by atoms with Crippen LogP contribution in [-0.4, -0.2) is 58.8 Å². The van der Waals surface area contributed by atoms with E-state index in [1.807, 2.05) is 6.07 Å². The molecule has 0 radical (unpaired) electrons. The van der Waals surface area contributed by atoms with Crippen molar-refractivity contribution >= 4 is 28.3 Å². The Balaban J connectivity index is 2.00. The van der Waals surface area contributed by atoms with Gasteiger partial charge in [-0.15, -0.1) is 0 Å². The van der Waals surface area contributed by atoms with Crippen molar-refractivity contribution in [2.75, 3.05) is 7.11 Å². The van der Waals surface area contributed by atoms with E-state index in [1.54, 1.807) is 12.1 Å². The fraction of sp³-hybridized carbons (Fsp3) is 0.692. The number of carboxylic acids is 1. The first kappa shape index (κ1) is 27.9. The predicted molar refractivity (Wildman–Crippen MR) is 144 cm³/mol. The van der Waals surface area contributed by atoms with Crippen LogP contribution in [-0.2, 0) is 13.7 Å². The molecule has 2 aliphatic rings. The van der Waals surface area contributed by atoms with E-state index in [4.69, 9.17) is 18.4 Å². The molecule has 9 heteroatoms. The standard InChI is InChI=1S/C26H43NO6Si2/c1-25(2,3)34(8,9)32-19-15-20(33-35(10,11)26(4,5)6)23-21(19)22(27-31-23)16-12-13-18(30-7)17(14-16)24(28)29/h12-14,19-21,23H,15H2,1-11H3,(H,28,29)/t19-,20+,21?,23?/m0/s1. The third-order valence-electron chi connectivity index (χ3n) is 8.40. The van der Waals surface area contributed by atoms with E-state index >= 15 is 0 Å². The minimum atomic E-state index is -2.10. The third kappa shape index (κ3) is 5.38. The number of aromatic carboxylic acids is 1. The summed E-state index contributed by atoms with van der Waals surface area (Å²) in [6, 6.07) is 5.15. The minimum absolute atomic E-state index is 0.0498. The van der Waals surface area contributed by atoms with Gasteiger partial charge in [-0.2, -0.15) is 0 Å². The molecular weight excluding hydrogens is 478 g/mol. The number of carboxylic acid groups (broad SMARTS) is 1. The van der Waals surface area contributed by atoms with Crippen molar-refractivity contribution in [1.29, 1.82) is 0 Å². The molecule has 1 aliphatic heterocycles. The Labute approximate surface area is 212 Å². The van der Waals surface area contributed by atoms with E-state index in [1.165, 1.54) is 7.11 Å². The van der Waals surface area contributed by atoms with Crippen LogP contribution >= 0.6 is 0 Å². The number of oxime groups is 1. The molecule has 35 heavy (non-hydrogen) atoms. The molecule has 196 valence electrons. The van der Waals surface area contributed by atoms with Crippen LogP contribution < -0.4 is 4.74 Å². The molecule has 0 spiro atoms. The zero-order chi connectivity index (χ0) is 26.6. The SMILES string of the molecule is COc1ccc(C2=NOC3C2[C@@H](O[Si](C)(C)C(C)(C)C)C[C@H]3O[Si](C)(C)C(C)(C)C)cc1C(=O)O. The van der Waals surface area contributed by atoms with Crippen LogP contribution in [0.2, 0.25) is 36.3 Å². The first-order valence-corrected chi connectivity index (χ1v) is 18.2. The molecule has 4 atom stereocenters. The molecule has 1 saturated carbocycles. The molecule has 2 unspecified atom stereocenters. The summed E-state index contributed by atoms with van der Waals surface area (Å²) in [4.78, 5) is 17.9. The summed E-state index contributed by atoms with van der Waals surface area (Å²) in [5.41, 5.74) is 1.54. The normalized spacial score (nSPS) is 25.2. The molecule has 1 heterocycles. The number of ether oxygens (including phenoxy) is 1. The van der Waals surface area contributed by atoms with Crippen LogP contribution in [0, 0.1) is 5.92 Å². The number of rotatable bonds is 7. The van der Waals surface area contributed by atoms with Crippen molar-refractivity contribution in [2.45, 2.75) is 103 Å². The van der Waals surface area contributed by atoms with Gasteiger partial charge in [0.25, 0.3) is 0 Å². The van der Waals surface area contributed by atoms with Crippen LogP contribution in [0.15, 0.2) is 23.4 Å². The summed E-state index contributed by atoms with van der Waals surface area (Å²) in [5.74, 6) is -0.856. The zero-order valence-electron chi connectivity index (χ0n) is 23.2. The molecule has 0 aromatic heterocycles. The average Bonchev–Trinajstić information content (AvgIpc) is 3.27. The molecular formula is C26H43NO6Si2. The van der Waals surface area contributed by atoms with Crippen molar-refractivity contribution in [3.05, 3.63) is 29.3 Å². The first-order chi connectivity index (χ1) is 15.9. The van der Waals surface area contributed by atoms with Gasteiger partial charge in [-0.3, -0.25) is 0 Å². The molecule has 1 aliphatic carbocycles. The Morgan fingerprint density at radius 1 is 1.00 bits per heavy atom. The molecule has 1 fully saturated rings. The number of hydrogen-bond donors (Lipinski definition) is 1. The Kier molecular flexibility index (Phi) is 7.43. The molecule has 1 aromatic carbocycles. The van der Waals surface area contributed by atoms with Crippen LogP contribution in [0.4, 0.5) is 0 Å². The number of methoxy groups -OCH3 is 1. The van der Waals surface area contributed by atoms with Crippen LogP contribution in [0.5, 0.6) is 5.75 Å². The van der Waals surface area contributed by atoms with Gasteiger partial charge in [-0.25, -0.2) is 4.79 Å². The van der Waals surface area contributed by atoms with Gasteiger partial charge in [0.15, 0.2) is 22.7 Å². The van der Waals surface area contributed by atoms with E-state index in [-0.39, 0.29) is 39.9 Å². The van der Waals surface area contributed by atoms with Crippen LogP contribution in [0.25, 0.3) is 0 Å². The van der Waals surface area contributed by atoms with Gasteiger partial charge >= 0.3 is 5.97 Å². The second-order valence-electron chi connectivity index (χ2n) is 12.9. The monoisotopic (exact) mass is 521 g/mol. The number of benzene rings is 1. The Morgan fingerprint density at radius 3 is 2.03 bits per heavy atom. The second kappa shape index (κ2) is 9.32. The van der Waals surface area contributed by atoms with E-state index in [0.29, 0.717) is 11.3 Å². The highest BCUT2D eigenvalue weighted by Crippen LogP contribution is 2.47. The van der Waals surface area contributed by atoms with Gasteiger partial charge in [-0.1, -0.05) is 46.7 Å². The first-order valence-electron chi connectivity index (χ1n) is 12.4. The Morgan fingerprint density at radius 2 is 1.54 bits per heavy atom. The molecule has 1 N–H and O–H groups in total. The topological polar surface area (TPSA) is 86.6 Å². The van der Waals surface area contributed by atoms with Crippen molar-refractivity contribution in [2.24, 2.45) is 11.1 Å². The highest BCUT2D eigenvalue weighted by Gasteiger charge is 2.56. The van der Waals surface area contributed by atoms with E-state index in [0.717, 1.165) is 12.1 Å². The Hall–Kier alpha value is -1.69. The molecule has 0 amide bonds. The molecule has 3 rings (SSSR count). The van der Waals surface area contributed by atoms with Crippen LogP contribution in [0.3, 0.4) is 0 Å². The smallest absolute Gasteiger partial charge is 0.339 e. The largest absolute Gasteiger partial charge is 0.496 e. The summed E-state index contributed by atoms with van der Waals surface area (Å²) in [6.07, 6.45) is 0.223. The summed E-state index contributed by atoms with van der Waals surface area (Å²) < 4.78 is 19.1. The van der Waals surface area contributed by atoms with E-state index < -0.39 is 22.6 Å². The number of hydrogen-bond acceptors (Lipinski definition) is 6. The van der Waals surface area contributed by atoms with Crippen molar-refractivity contribution < 1.29 is 28.3 Å². The maximum atomic E-state index is 11.9. The second-order valence-corrected chi connectivity index (χ2v) is 22.4. The lowest BCUT2D eigenvalue weighted by Crippen LogP contribution is -2.46. The fourth-order valence-electron chi connectivity index (χ4n) is 4.22. The number of nitrogens with zero attached hydrogens (tertiary/aromatic N) is 1. The van der Waals surface area contributed by atoms with Gasteiger partial charge in [0.1, 0.15) is 11.3 Å². The molecule has 7 nitrogen and oxygen atoms in total. The van der Waals surface area contributed by atoms with Gasteiger partial charge in [-0.05, 0) is 54.5 Å². The lowest BCUT2D eigenvalue weighted by molar-refractivity contribution is -0.00536. The van der Waals surface area contributed by atoms with Crippen molar-refractivity contribution in [3.63, 3.8) is 0 Å². The van der Waals surface area contributed by atoms with Gasteiger partial charge < -0.3 is 23.5 Å². The summed E-state index contributed by atoms with van der Waals surface area (Å²) in [5, 5.41) is 14.3. The summed E-state index contributed by atoms with van der Waals surface area (Å²) in [6.45, 7) is 22.4. The van der Waals surface area contributed by atoms with Gasteiger partial charge in [0, 0.05) is 12.0 Å². The zero-order valence-corrected chi connectivity index (χ0v) is 25.2. The fourth-order valence-corrected chi connectivity index (χ4v) is 6.92. The van der Waals surface area contributed by atoms with E-state index in [2.05, 4.69) is 72.9 Å².